The summed E-state index contributed by atoms with van der Waals surface area (Å²) in [5.41, 5.74) is -0.654. The standard InChI is InChI=1S/C24H33NO7S2/c1-8-9-14-31-17-10-12-19(13-11-17)34(28,29)25-16-18(15-20(26)32-23(2,3)4)33-24(5,6)21(25)22(27)30-7/h10-13,18,21H,14-16H2,1-7H3/t18-,21-/m0/s1. The van der Waals surface area contributed by atoms with Crippen molar-refractivity contribution in [3.8, 4) is 17.6 Å². The first-order chi connectivity index (χ1) is 15.7. The summed E-state index contributed by atoms with van der Waals surface area (Å²) in [4.78, 5) is 25.2. The van der Waals surface area contributed by atoms with E-state index in [9.17, 15) is 18.0 Å². The van der Waals surface area contributed by atoms with Crippen molar-refractivity contribution in [2.24, 2.45) is 0 Å². The van der Waals surface area contributed by atoms with E-state index < -0.39 is 43.6 Å². The molecule has 1 aromatic carbocycles. The second kappa shape index (κ2) is 11.0. The van der Waals surface area contributed by atoms with Gasteiger partial charge >= 0.3 is 11.9 Å². The van der Waals surface area contributed by atoms with E-state index in [1.807, 2.05) is 0 Å². The molecule has 0 unspecified atom stereocenters. The molecule has 34 heavy (non-hydrogen) atoms. The van der Waals surface area contributed by atoms with Crippen LogP contribution in [-0.2, 0) is 29.1 Å². The lowest BCUT2D eigenvalue weighted by Crippen LogP contribution is -2.61. The fraction of sp³-hybridized carbons (Fsp3) is 0.583. The van der Waals surface area contributed by atoms with Gasteiger partial charge in [-0.15, -0.1) is 17.7 Å². The molecule has 1 fully saturated rings. The molecule has 188 valence electrons. The zero-order valence-corrected chi connectivity index (χ0v) is 22.3. The molecule has 1 aromatic rings. The molecule has 2 atom stereocenters. The van der Waals surface area contributed by atoms with Crippen molar-refractivity contribution < 1.29 is 32.2 Å². The van der Waals surface area contributed by atoms with Gasteiger partial charge in [-0.2, -0.15) is 4.31 Å². The highest BCUT2D eigenvalue weighted by atomic mass is 32.2. The number of carbonyl (C=O) groups excluding carboxylic acids is 2. The fourth-order valence-corrected chi connectivity index (χ4v) is 7.23. The van der Waals surface area contributed by atoms with E-state index in [0.717, 1.165) is 4.31 Å². The largest absolute Gasteiger partial charge is 0.481 e. The third-order valence-electron chi connectivity index (χ3n) is 4.96. The Morgan fingerprint density at radius 3 is 2.35 bits per heavy atom. The SMILES string of the molecule is CC#CCOc1ccc(S(=O)(=O)N2C[C@H](CC(=O)OC(C)(C)C)SC(C)(C)[C@@H]2C(=O)OC)cc1. The first-order valence-electron chi connectivity index (χ1n) is 10.8. The molecular weight excluding hydrogens is 478 g/mol. The molecule has 0 spiro atoms. The van der Waals surface area contributed by atoms with Crippen LogP contribution in [0.5, 0.6) is 5.75 Å². The van der Waals surface area contributed by atoms with E-state index in [4.69, 9.17) is 14.2 Å². The fourth-order valence-electron chi connectivity index (χ4n) is 3.64. The summed E-state index contributed by atoms with van der Waals surface area (Å²) in [6, 6.07) is 4.86. The highest BCUT2D eigenvalue weighted by Crippen LogP contribution is 2.43. The number of rotatable bonds is 7. The van der Waals surface area contributed by atoms with Gasteiger partial charge in [0, 0.05) is 16.5 Å². The predicted octanol–water partition coefficient (Wildman–Crippen LogP) is 3.25. The van der Waals surface area contributed by atoms with E-state index in [1.54, 1.807) is 53.7 Å². The Balaban J connectivity index is 2.38. The molecule has 1 aliphatic rings. The maximum atomic E-state index is 13.7. The lowest BCUT2D eigenvalue weighted by atomic mass is 10.0. The van der Waals surface area contributed by atoms with Crippen LogP contribution >= 0.6 is 11.8 Å². The molecule has 1 heterocycles. The summed E-state index contributed by atoms with van der Waals surface area (Å²) in [5.74, 6) is 4.88. The Morgan fingerprint density at radius 2 is 1.82 bits per heavy atom. The van der Waals surface area contributed by atoms with Gasteiger partial charge < -0.3 is 14.2 Å². The molecular formula is C24H33NO7S2. The quantitative estimate of drug-likeness (QED) is 0.406. The predicted molar refractivity (Wildman–Crippen MR) is 131 cm³/mol. The molecule has 0 amide bonds. The number of ether oxygens (including phenoxy) is 3. The van der Waals surface area contributed by atoms with Crippen LogP contribution in [0.3, 0.4) is 0 Å². The normalized spacial score (nSPS) is 20.6. The number of methoxy groups -OCH3 is 1. The Kier molecular flexibility index (Phi) is 9.08. The molecule has 0 aromatic heterocycles. The molecule has 8 nitrogen and oxygen atoms in total. The van der Waals surface area contributed by atoms with Gasteiger partial charge in [0.1, 0.15) is 24.0 Å². The van der Waals surface area contributed by atoms with E-state index in [0.29, 0.717) is 5.75 Å². The first kappa shape index (κ1) is 28.0. The highest BCUT2D eigenvalue weighted by molar-refractivity contribution is 8.01. The topological polar surface area (TPSA) is 99.2 Å². The summed E-state index contributed by atoms with van der Waals surface area (Å²) in [6.45, 7) is 10.7. The minimum Gasteiger partial charge on any atom is -0.481 e. The van der Waals surface area contributed by atoms with Crippen LogP contribution in [-0.4, -0.2) is 66.6 Å². The molecule has 1 aliphatic heterocycles. The van der Waals surface area contributed by atoms with Gasteiger partial charge in [0.15, 0.2) is 0 Å². The van der Waals surface area contributed by atoms with Crippen LogP contribution in [0.15, 0.2) is 29.2 Å². The van der Waals surface area contributed by atoms with Gasteiger partial charge in [-0.1, -0.05) is 5.92 Å². The van der Waals surface area contributed by atoms with E-state index in [2.05, 4.69) is 11.8 Å². The van der Waals surface area contributed by atoms with E-state index >= 15 is 0 Å². The first-order valence-corrected chi connectivity index (χ1v) is 13.1. The van der Waals surface area contributed by atoms with Crippen molar-refractivity contribution in [3.63, 3.8) is 0 Å². The van der Waals surface area contributed by atoms with Gasteiger partial charge in [0.05, 0.1) is 18.4 Å². The van der Waals surface area contributed by atoms with Gasteiger partial charge in [-0.05, 0) is 65.8 Å². The number of hydrogen-bond acceptors (Lipinski definition) is 8. The van der Waals surface area contributed by atoms with Crippen molar-refractivity contribution >= 4 is 33.7 Å². The molecule has 0 bridgehead atoms. The monoisotopic (exact) mass is 511 g/mol. The van der Waals surface area contributed by atoms with E-state index in [1.165, 1.54) is 31.0 Å². The Morgan fingerprint density at radius 1 is 1.21 bits per heavy atom. The van der Waals surface area contributed by atoms with Crippen LogP contribution in [0.2, 0.25) is 0 Å². The minimum absolute atomic E-state index is 0.00838. The van der Waals surface area contributed by atoms with Crippen molar-refractivity contribution in [2.75, 3.05) is 20.3 Å². The number of thioether (sulfide) groups is 1. The second-order valence-electron chi connectivity index (χ2n) is 9.32. The summed E-state index contributed by atoms with van der Waals surface area (Å²) >= 11 is 1.38. The van der Waals surface area contributed by atoms with E-state index in [-0.39, 0.29) is 24.5 Å². The zero-order chi connectivity index (χ0) is 25.7. The van der Waals surface area contributed by atoms with Crippen molar-refractivity contribution in [1.82, 2.24) is 4.31 Å². The van der Waals surface area contributed by atoms with Crippen LogP contribution in [0.4, 0.5) is 0 Å². The third kappa shape index (κ3) is 7.14. The highest BCUT2D eigenvalue weighted by Gasteiger charge is 2.52. The molecule has 0 aliphatic carbocycles. The van der Waals surface area contributed by atoms with Crippen molar-refractivity contribution in [1.29, 1.82) is 0 Å². The van der Waals surface area contributed by atoms with Crippen molar-refractivity contribution in [3.05, 3.63) is 24.3 Å². The second-order valence-corrected chi connectivity index (χ2v) is 13.2. The lowest BCUT2D eigenvalue weighted by Gasteiger charge is -2.46. The maximum absolute atomic E-state index is 13.7. The summed E-state index contributed by atoms with van der Waals surface area (Å²) in [6.07, 6.45) is 0.0104. The smallest absolute Gasteiger partial charge is 0.325 e. The number of hydrogen-bond donors (Lipinski definition) is 0. The van der Waals surface area contributed by atoms with Crippen LogP contribution in [0.1, 0.15) is 48.0 Å². The molecule has 1 saturated heterocycles. The number of esters is 2. The van der Waals surface area contributed by atoms with Gasteiger partial charge in [-0.25, -0.2) is 8.42 Å². The average molecular weight is 512 g/mol. The summed E-state index contributed by atoms with van der Waals surface area (Å²) in [7, 11) is -2.87. The Hall–Kier alpha value is -2.22. The number of benzene rings is 1. The molecule has 2 rings (SSSR count). The molecule has 0 saturated carbocycles. The van der Waals surface area contributed by atoms with Gasteiger partial charge in [-0.3, -0.25) is 9.59 Å². The van der Waals surface area contributed by atoms with Gasteiger partial charge in [0.2, 0.25) is 10.0 Å². The lowest BCUT2D eigenvalue weighted by molar-refractivity contribution is -0.154. The number of sulfonamides is 1. The third-order valence-corrected chi connectivity index (χ3v) is 8.28. The molecule has 0 N–H and O–H groups in total. The Labute approximate surface area is 206 Å². The minimum atomic E-state index is -4.10. The van der Waals surface area contributed by atoms with Gasteiger partial charge in [0.25, 0.3) is 0 Å². The average Bonchev–Trinajstić information content (AvgIpc) is 2.71. The summed E-state index contributed by atoms with van der Waals surface area (Å²) < 4.78 is 43.5. The molecule has 0 radical (unpaired) electrons. The Bertz CT molecular complexity index is 1050. The number of carbonyl (C=O) groups is 2. The van der Waals surface area contributed by atoms with Crippen molar-refractivity contribution in [2.45, 2.75) is 74.5 Å². The van der Waals surface area contributed by atoms with Crippen LogP contribution < -0.4 is 4.74 Å². The van der Waals surface area contributed by atoms with Crippen LogP contribution in [0.25, 0.3) is 0 Å². The number of nitrogens with zero attached hydrogens (tertiary/aromatic N) is 1. The molecule has 10 heteroatoms. The maximum Gasteiger partial charge on any atom is 0.325 e. The zero-order valence-electron chi connectivity index (χ0n) is 20.7. The summed E-state index contributed by atoms with van der Waals surface area (Å²) in [5, 5.41) is -0.407. The van der Waals surface area contributed by atoms with Crippen LogP contribution in [0, 0.1) is 11.8 Å².